The van der Waals surface area contributed by atoms with Crippen molar-refractivity contribution in [1.29, 1.82) is 0 Å². The Morgan fingerprint density at radius 3 is 2.19 bits per heavy atom. The zero-order valence-corrected chi connectivity index (χ0v) is 24.9. The van der Waals surface area contributed by atoms with E-state index < -0.39 is 30.2 Å². The van der Waals surface area contributed by atoms with Gasteiger partial charge in [-0.15, -0.1) is 0 Å². The monoisotopic (exact) mass is 581 g/mol. The summed E-state index contributed by atoms with van der Waals surface area (Å²) < 4.78 is 10.6. The van der Waals surface area contributed by atoms with E-state index in [-0.39, 0.29) is 37.5 Å². The number of benzene rings is 1. The summed E-state index contributed by atoms with van der Waals surface area (Å²) in [6.45, 7) is 9.09. The fourth-order valence-corrected chi connectivity index (χ4v) is 4.80. The minimum absolute atomic E-state index is 0.0249. The van der Waals surface area contributed by atoms with E-state index >= 15 is 0 Å². The fraction of sp³-hybridized carbons (Fsp3) is 0.516. The van der Waals surface area contributed by atoms with Crippen molar-refractivity contribution in [3.05, 3.63) is 66.0 Å². The molecule has 0 radical (unpaired) electrons. The number of ketones is 1. The summed E-state index contributed by atoms with van der Waals surface area (Å²) in [6, 6.07) is 11.1. The third-order valence-electron chi connectivity index (χ3n) is 6.70. The van der Waals surface area contributed by atoms with Crippen LogP contribution in [0.3, 0.4) is 0 Å². The van der Waals surface area contributed by atoms with E-state index in [2.05, 4.69) is 34.8 Å². The van der Waals surface area contributed by atoms with Crippen LogP contribution in [-0.4, -0.2) is 71.5 Å². The second kappa shape index (κ2) is 16.5. The van der Waals surface area contributed by atoms with Gasteiger partial charge in [0.15, 0.2) is 5.78 Å². The number of pyridine rings is 1. The van der Waals surface area contributed by atoms with Gasteiger partial charge in [0.2, 0.25) is 5.91 Å². The maximum absolute atomic E-state index is 13.2. The molecule has 3 rings (SSSR count). The second-order valence-corrected chi connectivity index (χ2v) is 11.5. The highest BCUT2D eigenvalue weighted by molar-refractivity contribution is 5.94. The van der Waals surface area contributed by atoms with Gasteiger partial charge in [-0.2, -0.15) is 0 Å². The van der Waals surface area contributed by atoms with E-state index in [4.69, 9.17) is 9.47 Å². The number of nitrogens with one attached hydrogen (secondary N) is 3. The van der Waals surface area contributed by atoms with Crippen LogP contribution in [0.2, 0.25) is 0 Å². The fourth-order valence-electron chi connectivity index (χ4n) is 4.80. The molecule has 2 heterocycles. The molecule has 0 saturated carbocycles. The molecule has 1 aliphatic heterocycles. The summed E-state index contributed by atoms with van der Waals surface area (Å²) in [4.78, 5) is 56.9. The van der Waals surface area contributed by atoms with Gasteiger partial charge in [0.1, 0.15) is 25.3 Å². The highest BCUT2D eigenvalue weighted by Crippen LogP contribution is 2.13. The summed E-state index contributed by atoms with van der Waals surface area (Å²) in [5.74, 6) is -0.150. The summed E-state index contributed by atoms with van der Waals surface area (Å²) in [5.41, 5.74) is 1.62. The van der Waals surface area contributed by atoms with Crippen molar-refractivity contribution in [2.45, 2.75) is 71.9 Å². The summed E-state index contributed by atoms with van der Waals surface area (Å²) in [7, 11) is 0. The number of amides is 3. The van der Waals surface area contributed by atoms with Gasteiger partial charge >= 0.3 is 12.2 Å². The maximum Gasteiger partial charge on any atom is 0.408 e. The van der Waals surface area contributed by atoms with E-state index in [0.29, 0.717) is 31.8 Å². The van der Waals surface area contributed by atoms with Gasteiger partial charge < -0.3 is 25.4 Å². The van der Waals surface area contributed by atoms with Gasteiger partial charge in [0, 0.05) is 37.1 Å². The molecule has 228 valence electrons. The Labute approximate surface area is 247 Å². The molecule has 3 N–H and O–H groups in total. The Balaban J connectivity index is 1.52. The number of carbonyl (C=O) groups is 4. The first-order valence-corrected chi connectivity index (χ1v) is 14.4. The molecule has 3 atom stereocenters. The first-order valence-electron chi connectivity index (χ1n) is 14.4. The summed E-state index contributed by atoms with van der Waals surface area (Å²) in [5, 5.41) is 8.39. The number of likely N-dealkylation sites (tertiary alicyclic amines) is 1. The molecule has 0 spiro atoms. The molecule has 42 heavy (non-hydrogen) atoms. The molecule has 1 aliphatic rings. The average molecular weight is 582 g/mol. The van der Waals surface area contributed by atoms with Gasteiger partial charge in [-0.05, 0) is 36.3 Å². The Hall–Kier alpha value is -3.99. The molecule has 2 aromatic rings. The number of aromatic nitrogens is 1. The highest BCUT2D eigenvalue weighted by Gasteiger charge is 2.35. The molecule has 3 amide bonds. The van der Waals surface area contributed by atoms with Crippen LogP contribution in [0, 0.1) is 11.8 Å². The Kier molecular flexibility index (Phi) is 12.7. The van der Waals surface area contributed by atoms with E-state index in [1.54, 1.807) is 24.5 Å². The van der Waals surface area contributed by atoms with Crippen molar-refractivity contribution >= 4 is 23.9 Å². The summed E-state index contributed by atoms with van der Waals surface area (Å²) >= 11 is 0. The molecule has 0 bridgehead atoms. The standard InChI is InChI=1S/C31H43N5O6/c1-21(2)13-25(33-30(39)41-19-23-9-6-5-7-10-23)16-36-17-27(28(37)18-36)34-29(38)26(14-22(3)4)35-31(40)42-20-24-11-8-12-32-15-24/h5-12,15,21-22,25-27H,13-14,16-20H2,1-4H3,(H,33,39)(H,34,38)(H,35,40)/t25-,26-,27?/m0/s1. The van der Waals surface area contributed by atoms with Crippen molar-refractivity contribution in [1.82, 2.24) is 25.8 Å². The third-order valence-corrected chi connectivity index (χ3v) is 6.70. The highest BCUT2D eigenvalue weighted by atomic mass is 16.6. The van der Waals surface area contributed by atoms with Crippen LogP contribution in [0.25, 0.3) is 0 Å². The van der Waals surface area contributed by atoms with Crippen molar-refractivity contribution in [2.75, 3.05) is 19.6 Å². The van der Waals surface area contributed by atoms with E-state index in [9.17, 15) is 19.2 Å². The van der Waals surface area contributed by atoms with Crippen LogP contribution in [0.15, 0.2) is 54.9 Å². The average Bonchev–Trinajstić information content (AvgIpc) is 3.28. The van der Waals surface area contributed by atoms with Crippen LogP contribution in [0.1, 0.15) is 51.7 Å². The molecular weight excluding hydrogens is 538 g/mol. The van der Waals surface area contributed by atoms with Crippen molar-refractivity contribution in [2.24, 2.45) is 11.8 Å². The van der Waals surface area contributed by atoms with Crippen molar-refractivity contribution < 1.29 is 28.7 Å². The minimum atomic E-state index is -0.858. The van der Waals surface area contributed by atoms with Crippen LogP contribution in [-0.2, 0) is 32.3 Å². The van der Waals surface area contributed by atoms with Gasteiger partial charge in [0.05, 0.1) is 6.54 Å². The lowest BCUT2D eigenvalue weighted by Crippen LogP contribution is -2.52. The van der Waals surface area contributed by atoms with Crippen LogP contribution >= 0.6 is 0 Å². The number of hydrogen-bond acceptors (Lipinski definition) is 8. The first-order chi connectivity index (χ1) is 20.1. The van der Waals surface area contributed by atoms with Crippen LogP contribution in [0.4, 0.5) is 9.59 Å². The number of ether oxygens (including phenoxy) is 2. The number of alkyl carbamates (subject to hydrolysis) is 2. The maximum atomic E-state index is 13.2. The molecule has 1 fully saturated rings. The molecule has 1 unspecified atom stereocenters. The lowest BCUT2D eigenvalue weighted by molar-refractivity contribution is -0.127. The molecular formula is C31H43N5O6. The lowest BCUT2D eigenvalue weighted by atomic mass is 10.0. The van der Waals surface area contributed by atoms with Gasteiger partial charge in [-0.1, -0.05) is 64.1 Å². The number of rotatable bonds is 14. The molecule has 1 aromatic carbocycles. The summed E-state index contributed by atoms with van der Waals surface area (Å²) in [6.07, 6.45) is 3.06. The van der Waals surface area contributed by atoms with E-state index in [0.717, 1.165) is 11.1 Å². The van der Waals surface area contributed by atoms with Gasteiger partial charge in [-0.25, -0.2) is 9.59 Å². The SMILES string of the molecule is CC(C)C[C@@H](CN1CC(=O)C(NC(=O)[C@H](CC(C)C)NC(=O)OCc2cccnc2)C1)NC(=O)OCc1ccccc1. The zero-order chi connectivity index (χ0) is 30.5. The zero-order valence-electron chi connectivity index (χ0n) is 24.9. The Morgan fingerprint density at radius 1 is 0.905 bits per heavy atom. The van der Waals surface area contributed by atoms with Crippen molar-refractivity contribution in [3.63, 3.8) is 0 Å². The second-order valence-electron chi connectivity index (χ2n) is 11.5. The van der Waals surface area contributed by atoms with Gasteiger partial charge in [-0.3, -0.25) is 19.5 Å². The molecule has 0 aliphatic carbocycles. The normalized spacial score (nSPS) is 16.6. The first kappa shape index (κ1) is 32.5. The molecule has 11 nitrogen and oxygen atoms in total. The van der Waals surface area contributed by atoms with Crippen molar-refractivity contribution in [3.8, 4) is 0 Å². The predicted molar refractivity (Wildman–Crippen MR) is 157 cm³/mol. The Bertz CT molecular complexity index is 1160. The van der Waals surface area contributed by atoms with Gasteiger partial charge in [0.25, 0.3) is 0 Å². The topological polar surface area (TPSA) is 139 Å². The number of Topliss-reactive ketones (excluding diaryl/α,β-unsaturated/α-hetero) is 1. The molecule has 1 aromatic heterocycles. The number of hydrogen-bond donors (Lipinski definition) is 3. The number of carbonyl (C=O) groups excluding carboxylic acids is 4. The predicted octanol–water partition coefficient (Wildman–Crippen LogP) is 3.43. The third kappa shape index (κ3) is 11.5. The largest absolute Gasteiger partial charge is 0.445 e. The lowest BCUT2D eigenvalue weighted by Gasteiger charge is -2.26. The molecule has 11 heteroatoms. The smallest absolute Gasteiger partial charge is 0.408 e. The van der Waals surface area contributed by atoms with Crippen LogP contribution < -0.4 is 16.0 Å². The van der Waals surface area contributed by atoms with Crippen LogP contribution in [0.5, 0.6) is 0 Å². The molecule has 1 saturated heterocycles. The minimum Gasteiger partial charge on any atom is -0.445 e. The number of nitrogens with zero attached hydrogens (tertiary/aromatic N) is 2. The quantitative estimate of drug-likeness (QED) is 0.308. The Morgan fingerprint density at radius 2 is 1.55 bits per heavy atom. The van der Waals surface area contributed by atoms with E-state index in [1.807, 2.05) is 49.1 Å². The van der Waals surface area contributed by atoms with E-state index in [1.165, 1.54) is 0 Å².